The van der Waals surface area contributed by atoms with Gasteiger partial charge in [-0.15, -0.1) is 0 Å². The fraction of sp³-hybridized carbons (Fsp3) is 0.182. The van der Waals surface area contributed by atoms with E-state index in [1.165, 1.54) is 18.3 Å². The van der Waals surface area contributed by atoms with E-state index in [2.05, 4.69) is 26.9 Å². The van der Waals surface area contributed by atoms with E-state index in [0.29, 0.717) is 33.4 Å². The summed E-state index contributed by atoms with van der Waals surface area (Å²) >= 11 is 6.17. The number of aryl methyl sites for hydroxylation is 1. The molecule has 0 aliphatic heterocycles. The van der Waals surface area contributed by atoms with E-state index in [9.17, 15) is 9.18 Å². The zero-order chi connectivity index (χ0) is 21.4. The molecule has 0 aliphatic rings. The first-order valence-corrected chi connectivity index (χ1v) is 9.32. The number of nitrogens with one attached hydrogen (secondary N) is 1. The van der Waals surface area contributed by atoms with E-state index in [4.69, 9.17) is 11.6 Å². The molecule has 0 bridgehead atoms. The molecule has 0 spiro atoms. The number of carbonyl (C=O) groups is 1. The van der Waals surface area contributed by atoms with Gasteiger partial charge in [-0.2, -0.15) is 0 Å². The Labute approximate surface area is 174 Å². The van der Waals surface area contributed by atoms with E-state index in [0.717, 1.165) is 0 Å². The first kappa shape index (κ1) is 22.2. The van der Waals surface area contributed by atoms with Crippen LogP contribution in [0.3, 0.4) is 0 Å². The minimum absolute atomic E-state index is 0.123. The number of nitrogens with zero attached hydrogens (tertiary/aromatic N) is 3. The minimum Gasteiger partial charge on any atom is -0.324 e. The summed E-state index contributed by atoms with van der Waals surface area (Å²) in [6.07, 6.45) is 7.68. The van der Waals surface area contributed by atoms with E-state index in [1.807, 2.05) is 0 Å². The summed E-state index contributed by atoms with van der Waals surface area (Å²) in [4.78, 5) is 24.9. The molecule has 0 radical (unpaired) electrons. The highest BCUT2D eigenvalue weighted by atomic mass is 35.5. The van der Waals surface area contributed by atoms with E-state index in [1.54, 1.807) is 51.4 Å². The lowest BCUT2D eigenvalue weighted by molar-refractivity contribution is -0.119. The van der Waals surface area contributed by atoms with Crippen molar-refractivity contribution in [3.63, 3.8) is 0 Å². The van der Waals surface area contributed by atoms with Gasteiger partial charge in [0.1, 0.15) is 11.5 Å². The van der Waals surface area contributed by atoms with Crippen molar-refractivity contribution in [2.24, 2.45) is 4.99 Å². The fourth-order valence-electron chi connectivity index (χ4n) is 2.47. The summed E-state index contributed by atoms with van der Waals surface area (Å²) in [5.41, 5.74) is 2.98. The summed E-state index contributed by atoms with van der Waals surface area (Å²) < 4.78 is 14.6. The van der Waals surface area contributed by atoms with E-state index < -0.39 is 5.82 Å². The molecular formula is C22H22ClFN4O. The van der Waals surface area contributed by atoms with Gasteiger partial charge in [0.2, 0.25) is 5.91 Å². The van der Waals surface area contributed by atoms with Gasteiger partial charge < -0.3 is 5.32 Å². The molecule has 1 N–H and O–H groups in total. The van der Waals surface area contributed by atoms with Crippen molar-refractivity contribution in [2.45, 2.75) is 27.2 Å². The second-order valence-corrected chi connectivity index (χ2v) is 6.46. The standard InChI is InChI=1S/C22H22ClFN4O/c1-5-17(12-25-7-3)27-21(29)11-15-8-9-16(10-19(15)24)20-13-26-14(4)22(28-20)18(23)6-2/h5-10,12-13H,1,11H2,2-4H3,(H,27,29)/b17-12+,18-6+,25-7?. The zero-order valence-corrected chi connectivity index (χ0v) is 17.3. The first-order chi connectivity index (χ1) is 13.9. The van der Waals surface area contributed by atoms with Gasteiger partial charge in [-0.05, 0) is 38.5 Å². The lowest BCUT2D eigenvalue weighted by atomic mass is 10.1. The molecule has 0 saturated heterocycles. The molecule has 1 heterocycles. The molecule has 2 aromatic rings. The molecule has 0 unspecified atom stereocenters. The predicted octanol–water partition coefficient (Wildman–Crippen LogP) is 4.97. The molecule has 0 atom stereocenters. The molecule has 1 aromatic heterocycles. The predicted molar refractivity (Wildman–Crippen MR) is 116 cm³/mol. The van der Waals surface area contributed by atoms with Crippen LogP contribution in [-0.2, 0) is 11.2 Å². The molecule has 150 valence electrons. The maximum atomic E-state index is 14.6. The number of allylic oxidation sites excluding steroid dienone is 2. The van der Waals surface area contributed by atoms with Gasteiger partial charge in [-0.1, -0.05) is 36.4 Å². The third-order valence-electron chi connectivity index (χ3n) is 4.00. The molecule has 0 fully saturated rings. The highest BCUT2D eigenvalue weighted by molar-refractivity contribution is 6.48. The van der Waals surface area contributed by atoms with Crippen LogP contribution in [0.2, 0.25) is 0 Å². The number of amides is 1. The first-order valence-electron chi connectivity index (χ1n) is 8.94. The van der Waals surface area contributed by atoms with Gasteiger partial charge >= 0.3 is 0 Å². The van der Waals surface area contributed by atoms with Gasteiger partial charge in [-0.25, -0.2) is 9.37 Å². The van der Waals surface area contributed by atoms with Crippen LogP contribution >= 0.6 is 11.6 Å². The minimum atomic E-state index is -0.505. The van der Waals surface area contributed by atoms with E-state index >= 15 is 0 Å². The summed E-state index contributed by atoms with van der Waals surface area (Å²) in [6.45, 7) is 8.97. The summed E-state index contributed by atoms with van der Waals surface area (Å²) in [6, 6.07) is 4.59. The number of carbonyl (C=O) groups excluding carboxylic acids is 1. The second kappa shape index (κ2) is 10.4. The van der Waals surface area contributed by atoms with E-state index in [-0.39, 0.29) is 17.9 Å². The van der Waals surface area contributed by atoms with Crippen molar-refractivity contribution in [1.29, 1.82) is 0 Å². The Bertz CT molecular complexity index is 1010. The highest BCUT2D eigenvalue weighted by Crippen LogP contribution is 2.25. The molecule has 2 rings (SSSR count). The molecular weight excluding hydrogens is 391 g/mol. The number of aromatic nitrogens is 2. The van der Waals surface area contributed by atoms with Crippen LogP contribution in [0, 0.1) is 12.7 Å². The Morgan fingerprint density at radius 2 is 2.14 bits per heavy atom. The quantitative estimate of drug-likeness (QED) is 0.515. The van der Waals surface area contributed by atoms with Crippen molar-refractivity contribution in [1.82, 2.24) is 15.3 Å². The summed E-state index contributed by atoms with van der Waals surface area (Å²) in [5, 5.41) is 3.11. The van der Waals surface area contributed by atoms with Crippen molar-refractivity contribution in [3.05, 3.63) is 77.8 Å². The number of hydrogen-bond acceptors (Lipinski definition) is 4. The van der Waals surface area contributed by atoms with Crippen LogP contribution in [0.5, 0.6) is 0 Å². The molecule has 0 aliphatic carbocycles. The average Bonchev–Trinajstić information content (AvgIpc) is 2.72. The molecule has 1 aromatic carbocycles. The number of halogens is 2. The summed E-state index contributed by atoms with van der Waals surface area (Å²) in [7, 11) is 0. The fourth-order valence-corrected chi connectivity index (χ4v) is 2.65. The Balaban J connectivity index is 2.23. The van der Waals surface area contributed by atoms with Crippen molar-refractivity contribution >= 4 is 28.8 Å². The van der Waals surface area contributed by atoms with Crippen molar-refractivity contribution in [2.75, 3.05) is 0 Å². The van der Waals surface area contributed by atoms with Gasteiger partial charge in [0, 0.05) is 18.0 Å². The largest absolute Gasteiger partial charge is 0.324 e. The van der Waals surface area contributed by atoms with Gasteiger partial charge in [0.25, 0.3) is 0 Å². The Morgan fingerprint density at radius 3 is 2.76 bits per heavy atom. The molecule has 0 saturated carbocycles. The van der Waals surface area contributed by atoms with Gasteiger partial charge in [-0.3, -0.25) is 14.8 Å². The monoisotopic (exact) mass is 412 g/mol. The maximum Gasteiger partial charge on any atom is 0.228 e. The number of aliphatic imine (C=N–C) groups is 1. The SMILES string of the molecule is C=C/C(=C\N=CC)NC(=O)Cc1ccc(-c2cnc(C)c(/C(Cl)=C\C)n2)cc1F. The van der Waals surface area contributed by atoms with Crippen LogP contribution in [0.15, 0.2) is 60.0 Å². The molecule has 5 nitrogen and oxygen atoms in total. The smallest absolute Gasteiger partial charge is 0.228 e. The van der Waals surface area contributed by atoms with Crippen LogP contribution in [0.25, 0.3) is 16.3 Å². The lowest BCUT2D eigenvalue weighted by Gasteiger charge is -2.09. The molecule has 7 heteroatoms. The normalized spacial score (nSPS) is 12.3. The zero-order valence-electron chi connectivity index (χ0n) is 16.5. The average molecular weight is 413 g/mol. The van der Waals surface area contributed by atoms with Crippen LogP contribution in [-0.4, -0.2) is 22.1 Å². The number of benzene rings is 1. The van der Waals surface area contributed by atoms with Crippen LogP contribution < -0.4 is 5.32 Å². The lowest BCUT2D eigenvalue weighted by Crippen LogP contribution is -2.24. The third-order valence-corrected chi connectivity index (χ3v) is 4.40. The van der Waals surface area contributed by atoms with Gasteiger partial charge in [0.05, 0.1) is 34.7 Å². The Hall–Kier alpha value is -3.12. The number of hydrogen-bond donors (Lipinski definition) is 1. The third kappa shape index (κ3) is 5.93. The Morgan fingerprint density at radius 1 is 1.38 bits per heavy atom. The van der Waals surface area contributed by atoms with Crippen LogP contribution in [0.4, 0.5) is 4.39 Å². The number of rotatable bonds is 7. The molecule has 1 amide bonds. The van der Waals surface area contributed by atoms with Crippen LogP contribution in [0.1, 0.15) is 30.8 Å². The molecule has 29 heavy (non-hydrogen) atoms. The topological polar surface area (TPSA) is 67.2 Å². The Kier molecular flexibility index (Phi) is 7.98. The van der Waals surface area contributed by atoms with Gasteiger partial charge in [0.15, 0.2) is 0 Å². The second-order valence-electron chi connectivity index (χ2n) is 6.05. The van der Waals surface area contributed by atoms with Crippen molar-refractivity contribution < 1.29 is 9.18 Å². The maximum absolute atomic E-state index is 14.6. The van der Waals surface area contributed by atoms with Crippen molar-refractivity contribution in [3.8, 4) is 11.3 Å². The highest BCUT2D eigenvalue weighted by Gasteiger charge is 2.13. The summed E-state index contributed by atoms with van der Waals surface area (Å²) in [5.74, 6) is -0.874.